The lowest BCUT2D eigenvalue weighted by molar-refractivity contribution is -0.901. The minimum atomic E-state index is 0.0281. The Hall–Kier alpha value is -2.71. The highest BCUT2D eigenvalue weighted by molar-refractivity contribution is 7.99. The second-order valence-electron chi connectivity index (χ2n) is 7.37. The van der Waals surface area contributed by atoms with E-state index in [1.807, 2.05) is 37.3 Å². The zero-order valence-electron chi connectivity index (χ0n) is 16.4. The fraction of sp³-hybridized carbons (Fsp3) is 0.333. The average Bonchev–Trinajstić information content (AvgIpc) is 3.37. The molecule has 1 unspecified atom stereocenters. The summed E-state index contributed by atoms with van der Waals surface area (Å²) in [4.78, 5) is 14.0. The highest BCUT2D eigenvalue weighted by atomic mass is 32.2. The molecule has 1 amide bonds. The number of quaternary nitrogens is 1. The summed E-state index contributed by atoms with van der Waals surface area (Å²) in [5.41, 5.74) is 3.35. The molecule has 1 aliphatic rings. The third-order valence-corrected chi connectivity index (χ3v) is 6.08. The first-order chi connectivity index (χ1) is 14.2. The number of hydrogen-bond donors (Lipinski definition) is 2. The molecule has 150 valence electrons. The summed E-state index contributed by atoms with van der Waals surface area (Å²) in [7, 11) is 0. The summed E-state index contributed by atoms with van der Waals surface area (Å²) in [5.74, 6) is 0.330. The Bertz CT molecular complexity index is 961. The highest BCUT2D eigenvalue weighted by Crippen LogP contribution is 2.20. The molecular weight excluding hydrogens is 384 g/mol. The topological polar surface area (TPSA) is 77.1 Å². The van der Waals surface area contributed by atoms with Crippen molar-refractivity contribution in [1.29, 1.82) is 0 Å². The van der Waals surface area contributed by atoms with E-state index in [9.17, 15) is 4.79 Å². The molecule has 0 aliphatic carbocycles. The quantitative estimate of drug-likeness (QED) is 0.570. The Labute approximate surface area is 174 Å². The fourth-order valence-corrected chi connectivity index (χ4v) is 4.41. The van der Waals surface area contributed by atoms with Crippen LogP contribution < -0.4 is 10.2 Å². The SMILES string of the molecule is Cc1ccccc1-n1nnnc1SCC(=O)N[C@H]1CC[NH+](Cc2ccccc2)C1. The molecule has 8 heteroatoms. The molecule has 1 saturated heterocycles. The van der Waals surface area contributed by atoms with E-state index in [1.165, 1.54) is 22.2 Å². The number of likely N-dealkylation sites (tertiary alicyclic amines) is 1. The predicted octanol–water partition coefficient (Wildman–Crippen LogP) is 1.04. The van der Waals surface area contributed by atoms with Crippen LogP contribution >= 0.6 is 11.8 Å². The Balaban J connectivity index is 1.27. The molecule has 1 aromatic heterocycles. The van der Waals surface area contributed by atoms with Crippen LogP contribution in [-0.4, -0.2) is 51.0 Å². The van der Waals surface area contributed by atoms with E-state index in [4.69, 9.17) is 0 Å². The van der Waals surface area contributed by atoms with Crippen LogP contribution in [0.25, 0.3) is 5.69 Å². The minimum Gasteiger partial charge on any atom is -0.347 e. The zero-order valence-corrected chi connectivity index (χ0v) is 17.2. The lowest BCUT2D eigenvalue weighted by Gasteiger charge is -2.14. The second kappa shape index (κ2) is 9.19. The Morgan fingerprint density at radius 3 is 2.83 bits per heavy atom. The van der Waals surface area contributed by atoms with Gasteiger partial charge >= 0.3 is 0 Å². The molecule has 2 heterocycles. The number of benzene rings is 2. The average molecular weight is 410 g/mol. The van der Waals surface area contributed by atoms with Gasteiger partial charge in [0, 0.05) is 12.0 Å². The van der Waals surface area contributed by atoms with E-state index in [2.05, 4.69) is 45.1 Å². The van der Waals surface area contributed by atoms with Gasteiger partial charge in [0.1, 0.15) is 6.54 Å². The van der Waals surface area contributed by atoms with Crippen LogP contribution in [-0.2, 0) is 11.3 Å². The zero-order chi connectivity index (χ0) is 20.1. The summed E-state index contributed by atoms with van der Waals surface area (Å²) in [5, 5.41) is 15.7. The molecule has 2 atom stereocenters. The lowest BCUT2D eigenvalue weighted by Crippen LogP contribution is -3.09. The van der Waals surface area contributed by atoms with Crippen molar-refractivity contribution >= 4 is 17.7 Å². The number of aromatic nitrogens is 4. The molecule has 3 aromatic rings. The van der Waals surface area contributed by atoms with Crippen LogP contribution in [0.15, 0.2) is 59.8 Å². The smallest absolute Gasteiger partial charge is 0.230 e. The Morgan fingerprint density at radius 1 is 1.21 bits per heavy atom. The van der Waals surface area contributed by atoms with Gasteiger partial charge in [0.05, 0.1) is 30.6 Å². The standard InChI is InChI=1S/C21H24N6OS/c1-16-7-5-6-10-19(16)27-21(23-24-25-27)29-15-20(28)22-18-11-12-26(14-18)13-17-8-3-2-4-9-17/h2-10,18H,11-15H2,1H3,(H,22,28)/p+1/t18-/m0/s1. The molecule has 0 spiro atoms. The van der Waals surface area contributed by atoms with Crippen LogP contribution in [0, 0.1) is 6.92 Å². The molecule has 7 nitrogen and oxygen atoms in total. The number of carbonyl (C=O) groups is 1. The second-order valence-corrected chi connectivity index (χ2v) is 8.31. The normalized spacial score (nSPS) is 18.7. The number of para-hydroxylation sites is 1. The summed E-state index contributed by atoms with van der Waals surface area (Å²) >= 11 is 1.36. The summed E-state index contributed by atoms with van der Waals surface area (Å²) < 4.78 is 1.69. The molecule has 4 rings (SSSR count). The first kappa shape index (κ1) is 19.6. The lowest BCUT2D eigenvalue weighted by atomic mass is 10.2. The van der Waals surface area contributed by atoms with Gasteiger partial charge in [-0.25, -0.2) is 0 Å². The number of rotatable bonds is 7. The number of amides is 1. The van der Waals surface area contributed by atoms with Crippen molar-refractivity contribution in [1.82, 2.24) is 25.5 Å². The van der Waals surface area contributed by atoms with Gasteiger partial charge in [0.2, 0.25) is 11.1 Å². The van der Waals surface area contributed by atoms with Crippen molar-refractivity contribution in [3.05, 3.63) is 65.7 Å². The molecule has 0 bridgehead atoms. The molecular formula is C21H25N6OS+. The van der Waals surface area contributed by atoms with Gasteiger partial charge < -0.3 is 10.2 Å². The number of nitrogens with zero attached hydrogens (tertiary/aromatic N) is 4. The molecule has 2 aromatic carbocycles. The van der Waals surface area contributed by atoms with E-state index in [1.54, 1.807) is 4.68 Å². The predicted molar refractivity (Wildman–Crippen MR) is 112 cm³/mol. The Morgan fingerprint density at radius 2 is 2.00 bits per heavy atom. The largest absolute Gasteiger partial charge is 0.347 e. The van der Waals surface area contributed by atoms with Crippen LogP contribution in [0.5, 0.6) is 0 Å². The van der Waals surface area contributed by atoms with Crippen molar-refractivity contribution in [3.63, 3.8) is 0 Å². The number of nitrogens with one attached hydrogen (secondary N) is 2. The van der Waals surface area contributed by atoms with Crippen LogP contribution in [0.3, 0.4) is 0 Å². The number of aryl methyl sites for hydroxylation is 1. The molecule has 1 fully saturated rings. The third kappa shape index (κ3) is 5.02. The van der Waals surface area contributed by atoms with Crippen LogP contribution in [0.1, 0.15) is 17.5 Å². The van der Waals surface area contributed by atoms with E-state index in [-0.39, 0.29) is 11.9 Å². The number of hydrogen-bond acceptors (Lipinski definition) is 5. The summed E-state index contributed by atoms with van der Waals surface area (Å²) in [6.45, 7) is 5.07. The minimum absolute atomic E-state index is 0.0281. The maximum Gasteiger partial charge on any atom is 0.230 e. The summed E-state index contributed by atoms with van der Waals surface area (Å²) in [6, 6.07) is 18.7. The van der Waals surface area contributed by atoms with Gasteiger partial charge in [0.15, 0.2) is 0 Å². The van der Waals surface area contributed by atoms with Crippen LogP contribution in [0.2, 0.25) is 0 Å². The fourth-order valence-electron chi connectivity index (χ4n) is 3.72. The van der Waals surface area contributed by atoms with Crippen molar-refractivity contribution < 1.29 is 9.69 Å². The molecule has 29 heavy (non-hydrogen) atoms. The third-order valence-electron chi connectivity index (χ3n) is 5.16. The Kier molecular flexibility index (Phi) is 6.21. The van der Waals surface area contributed by atoms with Gasteiger partial charge in [-0.2, -0.15) is 4.68 Å². The van der Waals surface area contributed by atoms with Gasteiger partial charge in [-0.05, 0) is 29.0 Å². The number of tetrazole rings is 1. The van der Waals surface area contributed by atoms with Gasteiger partial charge in [0.25, 0.3) is 0 Å². The monoisotopic (exact) mass is 409 g/mol. The van der Waals surface area contributed by atoms with E-state index in [0.717, 1.165) is 37.3 Å². The van der Waals surface area contributed by atoms with Crippen LogP contribution in [0.4, 0.5) is 0 Å². The maximum atomic E-state index is 12.5. The molecule has 0 saturated carbocycles. The number of carbonyl (C=O) groups excluding carboxylic acids is 1. The van der Waals surface area contributed by atoms with Crippen molar-refractivity contribution in [2.75, 3.05) is 18.8 Å². The van der Waals surface area contributed by atoms with Crippen molar-refractivity contribution in [2.24, 2.45) is 0 Å². The van der Waals surface area contributed by atoms with E-state index in [0.29, 0.717) is 10.9 Å². The van der Waals surface area contributed by atoms with Gasteiger partial charge in [-0.3, -0.25) is 4.79 Å². The van der Waals surface area contributed by atoms with E-state index < -0.39 is 0 Å². The molecule has 0 radical (unpaired) electrons. The molecule has 1 aliphatic heterocycles. The maximum absolute atomic E-state index is 12.5. The molecule has 2 N–H and O–H groups in total. The van der Waals surface area contributed by atoms with Gasteiger partial charge in [-0.1, -0.05) is 60.3 Å². The first-order valence-electron chi connectivity index (χ1n) is 9.83. The van der Waals surface area contributed by atoms with Gasteiger partial charge in [-0.15, -0.1) is 5.10 Å². The van der Waals surface area contributed by atoms with Crippen molar-refractivity contribution in [2.45, 2.75) is 31.1 Å². The first-order valence-corrected chi connectivity index (χ1v) is 10.8. The van der Waals surface area contributed by atoms with Crippen molar-refractivity contribution in [3.8, 4) is 5.69 Å². The van der Waals surface area contributed by atoms with E-state index >= 15 is 0 Å². The number of thioether (sulfide) groups is 1. The highest BCUT2D eigenvalue weighted by Gasteiger charge is 2.27. The summed E-state index contributed by atoms with van der Waals surface area (Å²) in [6.07, 6.45) is 1.01.